The van der Waals surface area contributed by atoms with E-state index in [0.717, 1.165) is 45.1 Å². The molecule has 0 heterocycles. The van der Waals surface area contributed by atoms with E-state index >= 15 is 0 Å². The van der Waals surface area contributed by atoms with E-state index in [1.54, 1.807) is 0 Å². The van der Waals surface area contributed by atoms with Gasteiger partial charge in [-0.2, -0.15) is 0 Å². The molecule has 0 saturated heterocycles. The number of hydrogen-bond acceptors (Lipinski definition) is 4. The van der Waals surface area contributed by atoms with Gasteiger partial charge in [-0.05, 0) is 50.1 Å². The second-order valence-corrected chi connectivity index (χ2v) is 7.95. The number of hydrogen-bond donors (Lipinski definition) is 0. The first-order valence-corrected chi connectivity index (χ1v) is 10.5. The van der Waals surface area contributed by atoms with E-state index in [9.17, 15) is 4.79 Å². The molecule has 0 bridgehead atoms. The van der Waals surface area contributed by atoms with Crippen LogP contribution in [0.3, 0.4) is 0 Å². The summed E-state index contributed by atoms with van der Waals surface area (Å²) in [6, 6.07) is 10.4. The number of carbonyl (C=O) groups excluding carboxylic acids is 1. The van der Waals surface area contributed by atoms with E-state index in [-0.39, 0.29) is 12.0 Å². The predicted molar refractivity (Wildman–Crippen MR) is 114 cm³/mol. The average Bonchev–Trinajstić information content (AvgIpc) is 2.74. The largest absolute Gasteiger partial charge is 0.465 e. The lowest BCUT2D eigenvalue weighted by molar-refractivity contribution is -0.155. The Morgan fingerprint density at radius 1 is 1.34 bits per heavy atom. The first kappa shape index (κ1) is 21.2. The molecule has 29 heavy (non-hydrogen) atoms. The lowest BCUT2D eigenvalue weighted by atomic mass is 9.64. The van der Waals surface area contributed by atoms with Gasteiger partial charge in [0.25, 0.3) is 0 Å². The second kappa shape index (κ2) is 9.77. The van der Waals surface area contributed by atoms with Crippen LogP contribution in [0, 0.1) is 5.41 Å². The predicted octanol–water partition coefficient (Wildman–Crippen LogP) is 5.52. The molecule has 0 radical (unpaired) electrons. The van der Waals surface area contributed by atoms with Gasteiger partial charge >= 0.3 is 5.97 Å². The van der Waals surface area contributed by atoms with Crippen LogP contribution in [0.15, 0.2) is 59.4 Å². The molecular formula is C23H30N4O2. The van der Waals surface area contributed by atoms with Gasteiger partial charge in [0, 0.05) is 29.7 Å². The van der Waals surface area contributed by atoms with Crippen LogP contribution in [0.1, 0.15) is 51.0 Å². The molecule has 2 aliphatic rings. The van der Waals surface area contributed by atoms with E-state index < -0.39 is 5.41 Å². The van der Waals surface area contributed by atoms with Crippen molar-refractivity contribution in [3.05, 3.63) is 70.3 Å². The number of nitrogens with zero attached hydrogens (tertiary/aromatic N) is 4. The number of benzene rings is 1. The number of rotatable bonds is 8. The van der Waals surface area contributed by atoms with Crippen molar-refractivity contribution in [3.63, 3.8) is 0 Å². The molecular weight excluding hydrogens is 364 g/mol. The molecule has 0 spiro atoms. The van der Waals surface area contributed by atoms with Gasteiger partial charge in [-0.15, -0.1) is 0 Å². The highest BCUT2D eigenvalue weighted by Crippen LogP contribution is 2.49. The SMILES string of the molecule is C=C(CN(Cc1ccccc1)[C@@H]1C=C2CCCC[C@@]2(C(=O)OCC)CC1)N=[N+]=[N-]. The quantitative estimate of drug-likeness (QED) is 0.191. The minimum absolute atomic E-state index is 0.0579. The van der Waals surface area contributed by atoms with E-state index in [4.69, 9.17) is 10.3 Å². The Morgan fingerprint density at radius 3 is 2.86 bits per heavy atom. The molecule has 154 valence electrons. The summed E-state index contributed by atoms with van der Waals surface area (Å²) in [5, 5.41) is 3.70. The normalized spacial score (nSPS) is 23.5. The molecule has 3 rings (SSSR count). The Bertz CT molecular complexity index is 813. The molecule has 0 amide bonds. The molecule has 1 saturated carbocycles. The summed E-state index contributed by atoms with van der Waals surface area (Å²) in [5.41, 5.74) is 11.3. The fraction of sp³-hybridized carbons (Fsp3) is 0.522. The Morgan fingerprint density at radius 2 is 2.14 bits per heavy atom. The third-order valence-corrected chi connectivity index (χ3v) is 6.11. The molecule has 0 N–H and O–H groups in total. The zero-order chi connectivity index (χ0) is 20.7. The molecule has 0 aromatic heterocycles. The smallest absolute Gasteiger partial charge is 0.316 e. The van der Waals surface area contributed by atoms with Crippen LogP contribution < -0.4 is 0 Å². The maximum absolute atomic E-state index is 12.8. The van der Waals surface area contributed by atoms with Gasteiger partial charge in [0.15, 0.2) is 0 Å². The van der Waals surface area contributed by atoms with E-state index in [0.29, 0.717) is 18.8 Å². The van der Waals surface area contributed by atoms with Crippen molar-refractivity contribution in [2.75, 3.05) is 13.2 Å². The molecule has 6 heteroatoms. The van der Waals surface area contributed by atoms with Crippen LogP contribution >= 0.6 is 0 Å². The number of fused-ring (bicyclic) bond motifs is 1. The van der Waals surface area contributed by atoms with Crippen molar-refractivity contribution in [2.24, 2.45) is 10.5 Å². The number of azide groups is 1. The maximum atomic E-state index is 12.8. The van der Waals surface area contributed by atoms with Gasteiger partial charge < -0.3 is 4.74 Å². The summed E-state index contributed by atoms with van der Waals surface area (Å²) < 4.78 is 5.47. The Labute approximate surface area is 172 Å². The van der Waals surface area contributed by atoms with Crippen LogP contribution in [0.4, 0.5) is 0 Å². The Kier molecular flexibility index (Phi) is 7.13. The maximum Gasteiger partial charge on any atom is 0.316 e. The van der Waals surface area contributed by atoms with Crippen molar-refractivity contribution in [2.45, 2.75) is 58.0 Å². The highest BCUT2D eigenvalue weighted by atomic mass is 16.5. The van der Waals surface area contributed by atoms with Crippen LogP contribution in [0.5, 0.6) is 0 Å². The first-order valence-electron chi connectivity index (χ1n) is 10.5. The van der Waals surface area contributed by atoms with Crippen LogP contribution in [0.2, 0.25) is 0 Å². The summed E-state index contributed by atoms with van der Waals surface area (Å²) in [5.74, 6) is -0.0579. The highest BCUT2D eigenvalue weighted by molar-refractivity contribution is 5.81. The minimum atomic E-state index is -0.439. The average molecular weight is 395 g/mol. The molecule has 0 unspecified atom stereocenters. The fourth-order valence-corrected chi connectivity index (χ4v) is 4.71. The van der Waals surface area contributed by atoms with E-state index in [2.05, 4.69) is 39.7 Å². The van der Waals surface area contributed by atoms with Crippen molar-refractivity contribution in [1.29, 1.82) is 0 Å². The fourth-order valence-electron chi connectivity index (χ4n) is 4.71. The van der Waals surface area contributed by atoms with Gasteiger partial charge in [0.05, 0.1) is 12.0 Å². The van der Waals surface area contributed by atoms with Gasteiger partial charge in [0.1, 0.15) is 0 Å². The lowest BCUT2D eigenvalue weighted by Crippen LogP contribution is -2.45. The summed E-state index contributed by atoms with van der Waals surface area (Å²) in [6.45, 7) is 7.44. The van der Waals surface area contributed by atoms with Gasteiger partial charge in [-0.3, -0.25) is 9.69 Å². The Balaban J connectivity index is 1.87. The molecule has 6 nitrogen and oxygen atoms in total. The molecule has 2 atom stereocenters. The van der Waals surface area contributed by atoms with Gasteiger partial charge in [-0.1, -0.05) is 60.1 Å². The molecule has 1 aromatic rings. The number of ether oxygens (including phenoxy) is 1. The summed E-state index contributed by atoms with van der Waals surface area (Å²) in [6.07, 6.45) is 7.98. The lowest BCUT2D eigenvalue weighted by Gasteiger charge is -2.44. The third kappa shape index (κ3) is 4.89. The first-order chi connectivity index (χ1) is 14.1. The molecule has 2 aliphatic carbocycles. The van der Waals surface area contributed by atoms with Crippen LogP contribution in [-0.2, 0) is 16.1 Å². The third-order valence-electron chi connectivity index (χ3n) is 6.11. The molecule has 1 aromatic carbocycles. The summed E-state index contributed by atoms with van der Waals surface area (Å²) in [4.78, 5) is 18.0. The summed E-state index contributed by atoms with van der Waals surface area (Å²) >= 11 is 0. The van der Waals surface area contributed by atoms with Crippen molar-refractivity contribution in [3.8, 4) is 0 Å². The van der Waals surface area contributed by atoms with E-state index in [1.807, 2.05) is 25.1 Å². The summed E-state index contributed by atoms with van der Waals surface area (Å²) in [7, 11) is 0. The van der Waals surface area contributed by atoms with Crippen molar-refractivity contribution >= 4 is 5.97 Å². The van der Waals surface area contributed by atoms with Gasteiger partial charge in [-0.25, -0.2) is 0 Å². The zero-order valence-electron chi connectivity index (χ0n) is 17.2. The van der Waals surface area contributed by atoms with E-state index in [1.165, 1.54) is 11.1 Å². The standard InChI is InChI=1S/C23H30N4O2/c1-3-29-22(28)23-13-8-7-11-20(23)15-21(12-14-23)27(16-18(2)25-26-24)17-19-9-5-4-6-10-19/h4-6,9-10,15,21H,2-3,7-8,11-14,16-17H2,1H3/t21-,23+/m0/s1. The zero-order valence-corrected chi connectivity index (χ0v) is 17.2. The number of carbonyl (C=O) groups is 1. The monoisotopic (exact) mass is 394 g/mol. The number of esters is 1. The molecule has 0 aliphatic heterocycles. The van der Waals surface area contributed by atoms with Crippen molar-refractivity contribution < 1.29 is 9.53 Å². The van der Waals surface area contributed by atoms with Gasteiger partial charge in [0.2, 0.25) is 0 Å². The second-order valence-electron chi connectivity index (χ2n) is 7.95. The highest BCUT2D eigenvalue weighted by Gasteiger charge is 2.47. The minimum Gasteiger partial charge on any atom is -0.465 e. The molecule has 1 fully saturated rings. The van der Waals surface area contributed by atoms with Crippen molar-refractivity contribution in [1.82, 2.24) is 4.90 Å². The Hall–Kier alpha value is -2.56. The van der Waals surface area contributed by atoms with Crippen LogP contribution in [0.25, 0.3) is 10.4 Å². The topological polar surface area (TPSA) is 78.3 Å². The van der Waals surface area contributed by atoms with Crippen LogP contribution in [-0.4, -0.2) is 30.1 Å².